The molecule has 0 saturated carbocycles. The van der Waals surface area contributed by atoms with Gasteiger partial charge in [-0.2, -0.15) is 0 Å². The lowest BCUT2D eigenvalue weighted by Gasteiger charge is -2.12. The van der Waals surface area contributed by atoms with Crippen molar-refractivity contribution in [3.05, 3.63) is 29.0 Å². The third-order valence-corrected chi connectivity index (χ3v) is 2.65. The second-order valence-electron chi connectivity index (χ2n) is 3.94. The quantitative estimate of drug-likeness (QED) is 0.714. The molecule has 1 rings (SSSR count). The number of likely N-dealkylation sites (N-methyl/N-ethyl adjacent to an activating group) is 1. The minimum absolute atomic E-state index is 0.0792. The van der Waals surface area contributed by atoms with E-state index >= 15 is 0 Å². The molecular formula is C11H16ClFN3S+. The third kappa shape index (κ3) is 4.85. The van der Waals surface area contributed by atoms with Gasteiger partial charge >= 0.3 is 0 Å². The summed E-state index contributed by atoms with van der Waals surface area (Å²) in [5, 5.41) is 6.25. The monoisotopic (exact) mass is 276 g/mol. The van der Waals surface area contributed by atoms with Gasteiger partial charge in [0.05, 0.1) is 37.9 Å². The van der Waals surface area contributed by atoms with Crippen LogP contribution in [0.3, 0.4) is 0 Å². The molecule has 0 heterocycles. The van der Waals surface area contributed by atoms with Crippen LogP contribution in [0.4, 0.5) is 10.1 Å². The van der Waals surface area contributed by atoms with Gasteiger partial charge in [0.25, 0.3) is 0 Å². The number of thiocarbonyl (C=S) groups is 1. The lowest BCUT2D eigenvalue weighted by atomic mass is 10.3. The number of rotatable bonds is 4. The van der Waals surface area contributed by atoms with Crippen LogP contribution in [-0.4, -0.2) is 32.3 Å². The molecule has 6 heteroatoms. The van der Waals surface area contributed by atoms with Crippen LogP contribution >= 0.6 is 23.8 Å². The predicted octanol–water partition coefficient (Wildman–Crippen LogP) is 0.910. The second kappa shape index (κ2) is 6.74. The van der Waals surface area contributed by atoms with Crippen LogP contribution in [0.5, 0.6) is 0 Å². The van der Waals surface area contributed by atoms with Crippen molar-refractivity contribution < 1.29 is 9.29 Å². The van der Waals surface area contributed by atoms with Crippen molar-refractivity contribution in [3.63, 3.8) is 0 Å². The van der Waals surface area contributed by atoms with Crippen LogP contribution in [0.25, 0.3) is 0 Å². The summed E-state index contributed by atoms with van der Waals surface area (Å²) in [5.41, 5.74) is 0.284. The maximum atomic E-state index is 13.5. The van der Waals surface area contributed by atoms with Crippen LogP contribution in [-0.2, 0) is 0 Å². The van der Waals surface area contributed by atoms with Gasteiger partial charge in [-0.3, -0.25) is 0 Å². The molecule has 0 aliphatic rings. The van der Waals surface area contributed by atoms with Gasteiger partial charge < -0.3 is 15.5 Å². The largest absolute Gasteiger partial charge is 0.357 e. The molecule has 3 nitrogen and oxygen atoms in total. The highest BCUT2D eigenvalue weighted by Gasteiger charge is 2.07. The van der Waals surface area contributed by atoms with Gasteiger partial charge in [-0.15, -0.1) is 0 Å². The van der Waals surface area contributed by atoms with Gasteiger partial charge in [0.2, 0.25) is 0 Å². The normalized spacial score (nSPS) is 10.4. The number of hydrogen-bond acceptors (Lipinski definition) is 1. The number of anilines is 1. The molecule has 0 atom stereocenters. The first-order chi connectivity index (χ1) is 8.00. The molecule has 1 aromatic carbocycles. The maximum absolute atomic E-state index is 13.5. The van der Waals surface area contributed by atoms with E-state index in [4.69, 9.17) is 23.8 Å². The Hall–Kier alpha value is -0.910. The van der Waals surface area contributed by atoms with Gasteiger partial charge in [0, 0.05) is 0 Å². The first kappa shape index (κ1) is 14.2. The molecule has 0 bridgehead atoms. The Bertz CT molecular complexity index is 398. The Balaban J connectivity index is 2.48. The molecule has 94 valence electrons. The summed E-state index contributed by atoms with van der Waals surface area (Å²) in [7, 11) is 4.10. The topological polar surface area (TPSA) is 28.5 Å². The Kier molecular flexibility index (Phi) is 5.61. The molecule has 0 fully saturated rings. The Morgan fingerprint density at radius 3 is 2.82 bits per heavy atom. The molecule has 3 N–H and O–H groups in total. The zero-order valence-corrected chi connectivity index (χ0v) is 11.4. The summed E-state index contributed by atoms with van der Waals surface area (Å²) in [4.78, 5) is 1.31. The number of hydrogen-bond donors (Lipinski definition) is 3. The molecule has 0 amide bonds. The van der Waals surface area contributed by atoms with Crippen molar-refractivity contribution in [2.75, 3.05) is 32.5 Å². The first-order valence-electron chi connectivity index (χ1n) is 5.28. The molecule has 17 heavy (non-hydrogen) atoms. The zero-order valence-electron chi connectivity index (χ0n) is 9.81. The lowest BCUT2D eigenvalue weighted by molar-refractivity contribution is -0.856. The van der Waals surface area contributed by atoms with E-state index in [1.807, 2.05) is 0 Å². The summed E-state index contributed by atoms with van der Waals surface area (Å²) in [6, 6.07) is 4.75. The van der Waals surface area contributed by atoms with Gasteiger partial charge in [-0.25, -0.2) is 4.39 Å². The predicted molar refractivity (Wildman–Crippen MR) is 73.3 cm³/mol. The highest BCUT2D eigenvalue weighted by atomic mass is 35.5. The van der Waals surface area contributed by atoms with Crippen molar-refractivity contribution in [2.45, 2.75) is 0 Å². The molecule has 0 aliphatic heterocycles. The number of quaternary nitrogens is 1. The Morgan fingerprint density at radius 2 is 2.18 bits per heavy atom. The molecule has 0 radical (unpaired) electrons. The van der Waals surface area contributed by atoms with Crippen molar-refractivity contribution in [1.29, 1.82) is 0 Å². The van der Waals surface area contributed by atoms with Gasteiger partial charge in [-0.1, -0.05) is 17.7 Å². The smallest absolute Gasteiger partial charge is 0.171 e. The second-order valence-corrected chi connectivity index (χ2v) is 4.75. The fraction of sp³-hybridized carbons (Fsp3) is 0.364. The van der Waals surface area contributed by atoms with Gasteiger partial charge in [0.1, 0.15) is 0 Å². The first-order valence-corrected chi connectivity index (χ1v) is 6.07. The van der Waals surface area contributed by atoms with Crippen LogP contribution < -0.4 is 15.5 Å². The average molecular weight is 277 g/mol. The van der Waals surface area contributed by atoms with E-state index in [0.29, 0.717) is 5.11 Å². The van der Waals surface area contributed by atoms with E-state index < -0.39 is 5.82 Å². The fourth-order valence-corrected chi connectivity index (χ4v) is 1.58. The summed E-state index contributed by atoms with van der Waals surface area (Å²) in [6.07, 6.45) is 0. The molecule has 0 unspecified atom stereocenters. The molecule has 1 aromatic rings. The average Bonchev–Trinajstić information content (AvgIpc) is 2.24. The zero-order chi connectivity index (χ0) is 12.8. The SMILES string of the molecule is C[NH+](C)CCNC(=S)Nc1cccc(Cl)c1F. The fourth-order valence-electron chi connectivity index (χ4n) is 1.19. The molecule has 0 saturated heterocycles. The van der Waals surface area contributed by atoms with Crippen molar-refractivity contribution in [2.24, 2.45) is 0 Å². The van der Waals surface area contributed by atoms with Crippen LogP contribution in [0, 0.1) is 5.82 Å². The molecular weight excluding hydrogens is 261 g/mol. The highest BCUT2D eigenvalue weighted by molar-refractivity contribution is 7.80. The van der Waals surface area contributed by atoms with Gasteiger partial charge in [0.15, 0.2) is 10.9 Å². The minimum atomic E-state index is -0.489. The maximum Gasteiger partial charge on any atom is 0.171 e. The van der Waals surface area contributed by atoms with E-state index in [2.05, 4.69) is 24.7 Å². The molecule has 0 spiro atoms. The van der Waals surface area contributed by atoms with Crippen LogP contribution in [0.2, 0.25) is 5.02 Å². The third-order valence-electron chi connectivity index (χ3n) is 2.11. The van der Waals surface area contributed by atoms with E-state index in [9.17, 15) is 4.39 Å². The van der Waals surface area contributed by atoms with Crippen molar-refractivity contribution in [1.82, 2.24) is 5.32 Å². The van der Waals surface area contributed by atoms with Crippen molar-refractivity contribution >= 4 is 34.6 Å². The van der Waals surface area contributed by atoms with E-state index in [-0.39, 0.29) is 10.7 Å². The molecule has 0 aromatic heterocycles. The lowest BCUT2D eigenvalue weighted by Crippen LogP contribution is -3.06. The standard InChI is InChI=1S/C11H15ClFN3S/c1-16(2)7-6-14-11(17)15-9-5-3-4-8(12)10(9)13/h3-5H,6-7H2,1-2H3,(H2,14,15,17)/p+1. The highest BCUT2D eigenvalue weighted by Crippen LogP contribution is 2.21. The Morgan fingerprint density at radius 1 is 1.47 bits per heavy atom. The summed E-state index contributed by atoms with van der Waals surface area (Å²) < 4.78 is 13.5. The van der Waals surface area contributed by atoms with E-state index in [1.165, 1.54) is 11.0 Å². The Labute approximate surface area is 111 Å². The summed E-state index contributed by atoms with van der Waals surface area (Å²) in [6.45, 7) is 1.66. The number of nitrogens with one attached hydrogen (secondary N) is 3. The summed E-state index contributed by atoms with van der Waals surface area (Å²) in [5.74, 6) is -0.489. The van der Waals surface area contributed by atoms with E-state index in [0.717, 1.165) is 13.1 Å². The molecule has 0 aliphatic carbocycles. The van der Waals surface area contributed by atoms with Crippen LogP contribution in [0.1, 0.15) is 0 Å². The number of halogens is 2. The van der Waals surface area contributed by atoms with Gasteiger partial charge in [-0.05, 0) is 24.4 Å². The number of benzene rings is 1. The minimum Gasteiger partial charge on any atom is -0.357 e. The van der Waals surface area contributed by atoms with E-state index in [1.54, 1.807) is 12.1 Å². The summed E-state index contributed by atoms with van der Waals surface area (Å²) >= 11 is 10.7. The van der Waals surface area contributed by atoms with Crippen LogP contribution in [0.15, 0.2) is 18.2 Å². The van der Waals surface area contributed by atoms with Crippen molar-refractivity contribution in [3.8, 4) is 0 Å².